The van der Waals surface area contributed by atoms with Gasteiger partial charge in [0.1, 0.15) is 11.6 Å². The highest BCUT2D eigenvalue weighted by Gasteiger charge is 2.12. The Kier molecular flexibility index (Phi) is 5.89. The standard InChI is InChI=1S/C20H20N2O2/c1-15-4-3-5-17(12-15)20(24)18(14-21)13-16-6-8-19(9-7-16)22(2)10-11-23/h3-9,12-13,23H,10-11H2,1-2H3/b18-13+. The van der Waals surface area contributed by atoms with E-state index in [1.165, 1.54) is 0 Å². The molecule has 24 heavy (non-hydrogen) atoms. The largest absolute Gasteiger partial charge is 0.395 e. The minimum atomic E-state index is -0.275. The third kappa shape index (κ3) is 4.31. The van der Waals surface area contributed by atoms with Gasteiger partial charge in [-0.2, -0.15) is 5.26 Å². The fraction of sp³-hybridized carbons (Fsp3) is 0.200. The van der Waals surface area contributed by atoms with Crippen LogP contribution in [-0.4, -0.2) is 31.1 Å². The number of aliphatic hydroxyl groups is 1. The zero-order valence-corrected chi connectivity index (χ0v) is 13.9. The first-order valence-corrected chi connectivity index (χ1v) is 7.70. The Morgan fingerprint density at radius 1 is 1.25 bits per heavy atom. The fourth-order valence-electron chi connectivity index (χ4n) is 2.36. The van der Waals surface area contributed by atoms with Crippen molar-refractivity contribution in [1.29, 1.82) is 5.26 Å². The number of rotatable bonds is 6. The number of nitrogens with zero attached hydrogens (tertiary/aromatic N) is 2. The third-order valence-electron chi connectivity index (χ3n) is 3.73. The van der Waals surface area contributed by atoms with Gasteiger partial charge < -0.3 is 10.0 Å². The first-order chi connectivity index (χ1) is 11.5. The smallest absolute Gasteiger partial charge is 0.203 e. The summed E-state index contributed by atoms with van der Waals surface area (Å²) < 4.78 is 0. The number of carbonyl (C=O) groups excluding carboxylic acids is 1. The topological polar surface area (TPSA) is 64.3 Å². The number of aliphatic hydroxyl groups excluding tert-OH is 1. The van der Waals surface area contributed by atoms with E-state index in [9.17, 15) is 10.1 Å². The second kappa shape index (κ2) is 8.09. The molecule has 2 aromatic rings. The molecule has 0 aliphatic carbocycles. The van der Waals surface area contributed by atoms with Crippen molar-refractivity contribution in [3.63, 3.8) is 0 Å². The molecular weight excluding hydrogens is 300 g/mol. The Hall–Kier alpha value is -2.90. The number of benzene rings is 2. The molecule has 0 fully saturated rings. The van der Waals surface area contributed by atoms with E-state index in [-0.39, 0.29) is 18.0 Å². The van der Waals surface area contributed by atoms with Gasteiger partial charge in [0.05, 0.1) is 6.61 Å². The van der Waals surface area contributed by atoms with Gasteiger partial charge in [-0.15, -0.1) is 0 Å². The summed E-state index contributed by atoms with van der Waals surface area (Å²) in [6.45, 7) is 2.54. The molecule has 2 rings (SSSR count). The van der Waals surface area contributed by atoms with Crippen LogP contribution in [-0.2, 0) is 0 Å². The van der Waals surface area contributed by atoms with Crippen molar-refractivity contribution in [2.45, 2.75) is 6.92 Å². The van der Waals surface area contributed by atoms with Crippen LogP contribution in [0.1, 0.15) is 21.5 Å². The van der Waals surface area contributed by atoms with E-state index in [1.54, 1.807) is 18.2 Å². The summed E-state index contributed by atoms with van der Waals surface area (Å²) in [4.78, 5) is 14.4. The quantitative estimate of drug-likeness (QED) is 0.504. The predicted molar refractivity (Wildman–Crippen MR) is 95.9 cm³/mol. The van der Waals surface area contributed by atoms with Crippen LogP contribution in [0.5, 0.6) is 0 Å². The minimum absolute atomic E-state index is 0.0850. The molecule has 0 atom stereocenters. The molecule has 4 heteroatoms. The first-order valence-electron chi connectivity index (χ1n) is 7.70. The first kappa shape index (κ1) is 17.5. The van der Waals surface area contributed by atoms with Crippen molar-refractivity contribution in [1.82, 2.24) is 0 Å². The number of hydrogen-bond acceptors (Lipinski definition) is 4. The molecule has 2 aromatic carbocycles. The SMILES string of the molecule is Cc1cccc(C(=O)/C(C#N)=C/c2ccc(N(C)CCO)cc2)c1. The number of allylic oxidation sites excluding steroid dienone is 1. The molecule has 1 N–H and O–H groups in total. The molecule has 0 spiro atoms. The summed E-state index contributed by atoms with van der Waals surface area (Å²) in [5, 5.41) is 18.3. The van der Waals surface area contributed by atoms with Crippen LogP contribution < -0.4 is 4.90 Å². The van der Waals surface area contributed by atoms with Gasteiger partial charge in [-0.25, -0.2) is 0 Å². The van der Waals surface area contributed by atoms with Crippen molar-refractivity contribution in [3.8, 4) is 6.07 Å². The van der Waals surface area contributed by atoms with Crippen molar-refractivity contribution in [2.75, 3.05) is 25.1 Å². The van der Waals surface area contributed by atoms with E-state index in [0.29, 0.717) is 12.1 Å². The second-order valence-corrected chi connectivity index (χ2v) is 5.61. The van der Waals surface area contributed by atoms with Crippen LogP contribution in [0, 0.1) is 18.3 Å². The number of nitriles is 1. The van der Waals surface area contributed by atoms with Crippen LogP contribution in [0.4, 0.5) is 5.69 Å². The van der Waals surface area contributed by atoms with Crippen LogP contribution in [0.25, 0.3) is 6.08 Å². The molecule has 122 valence electrons. The van der Waals surface area contributed by atoms with Gasteiger partial charge in [-0.1, -0.05) is 35.9 Å². The van der Waals surface area contributed by atoms with Gasteiger partial charge in [0.15, 0.2) is 0 Å². The summed E-state index contributed by atoms with van der Waals surface area (Å²) in [5.74, 6) is -0.275. The van der Waals surface area contributed by atoms with Crippen molar-refractivity contribution in [3.05, 3.63) is 70.8 Å². The molecule has 0 amide bonds. The Balaban J connectivity index is 2.24. The Bertz CT molecular complexity index is 786. The molecule has 0 aliphatic rings. The summed E-state index contributed by atoms with van der Waals surface area (Å²) in [6.07, 6.45) is 1.60. The maximum Gasteiger partial charge on any atom is 0.203 e. The lowest BCUT2D eigenvalue weighted by Gasteiger charge is -2.17. The van der Waals surface area contributed by atoms with Gasteiger partial charge in [0.25, 0.3) is 0 Å². The average Bonchev–Trinajstić information content (AvgIpc) is 2.60. The van der Waals surface area contributed by atoms with Crippen LogP contribution in [0.2, 0.25) is 0 Å². The number of carbonyl (C=O) groups is 1. The number of anilines is 1. The molecular formula is C20H20N2O2. The Morgan fingerprint density at radius 2 is 1.96 bits per heavy atom. The molecule has 0 aromatic heterocycles. The Morgan fingerprint density at radius 3 is 2.54 bits per heavy atom. The average molecular weight is 320 g/mol. The van der Waals surface area contributed by atoms with Crippen molar-refractivity contribution >= 4 is 17.5 Å². The van der Waals surface area contributed by atoms with Gasteiger partial charge in [0.2, 0.25) is 5.78 Å². The molecule has 0 bridgehead atoms. The lowest BCUT2D eigenvalue weighted by atomic mass is 10.0. The van der Waals surface area contributed by atoms with Crippen LogP contribution in [0.3, 0.4) is 0 Å². The third-order valence-corrected chi connectivity index (χ3v) is 3.73. The molecule has 0 radical (unpaired) electrons. The zero-order valence-electron chi connectivity index (χ0n) is 13.9. The molecule has 0 aliphatic heterocycles. The van der Waals surface area contributed by atoms with E-state index in [1.807, 2.05) is 61.3 Å². The summed E-state index contributed by atoms with van der Waals surface area (Å²) >= 11 is 0. The number of likely N-dealkylation sites (N-methyl/N-ethyl adjacent to an activating group) is 1. The number of hydrogen-bond donors (Lipinski definition) is 1. The maximum atomic E-state index is 12.5. The highest BCUT2D eigenvalue weighted by molar-refractivity contribution is 6.14. The van der Waals surface area contributed by atoms with Crippen LogP contribution in [0.15, 0.2) is 54.1 Å². The van der Waals surface area contributed by atoms with Gasteiger partial charge in [0, 0.05) is 24.8 Å². The normalized spacial score (nSPS) is 11.0. The zero-order chi connectivity index (χ0) is 17.5. The maximum absolute atomic E-state index is 12.5. The van der Waals surface area contributed by atoms with Gasteiger partial charge in [-0.3, -0.25) is 4.79 Å². The number of ketones is 1. The highest BCUT2D eigenvalue weighted by Crippen LogP contribution is 2.17. The Labute approximate surface area is 142 Å². The molecule has 0 heterocycles. The van der Waals surface area contributed by atoms with Crippen LogP contribution >= 0.6 is 0 Å². The van der Waals surface area contributed by atoms with Crippen molar-refractivity contribution in [2.24, 2.45) is 0 Å². The highest BCUT2D eigenvalue weighted by atomic mass is 16.3. The number of aryl methyl sites for hydroxylation is 1. The van der Waals surface area contributed by atoms with E-state index in [2.05, 4.69) is 0 Å². The van der Waals surface area contributed by atoms with Gasteiger partial charge in [-0.05, 0) is 36.8 Å². The van der Waals surface area contributed by atoms with E-state index >= 15 is 0 Å². The monoisotopic (exact) mass is 320 g/mol. The summed E-state index contributed by atoms with van der Waals surface area (Å²) in [5.41, 5.74) is 3.35. The molecule has 4 nitrogen and oxygen atoms in total. The van der Waals surface area contributed by atoms with Crippen molar-refractivity contribution < 1.29 is 9.90 Å². The molecule has 0 saturated heterocycles. The minimum Gasteiger partial charge on any atom is -0.395 e. The predicted octanol–water partition coefficient (Wildman–Crippen LogP) is 3.21. The fourth-order valence-corrected chi connectivity index (χ4v) is 2.36. The lowest BCUT2D eigenvalue weighted by Crippen LogP contribution is -2.20. The number of Topliss-reactive ketones (excluding diaryl/α,β-unsaturated/α-hetero) is 1. The van der Waals surface area contributed by atoms with E-state index in [0.717, 1.165) is 16.8 Å². The van der Waals surface area contributed by atoms with Gasteiger partial charge >= 0.3 is 0 Å². The molecule has 0 saturated carbocycles. The molecule has 0 unspecified atom stereocenters. The summed E-state index contributed by atoms with van der Waals surface area (Å²) in [6, 6.07) is 16.7. The lowest BCUT2D eigenvalue weighted by molar-refractivity contribution is 0.104. The van der Waals surface area contributed by atoms with E-state index < -0.39 is 0 Å². The summed E-state index contributed by atoms with van der Waals surface area (Å²) in [7, 11) is 1.89. The van der Waals surface area contributed by atoms with E-state index in [4.69, 9.17) is 5.11 Å². The second-order valence-electron chi connectivity index (χ2n) is 5.61.